The summed E-state index contributed by atoms with van der Waals surface area (Å²) < 4.78 is 3.87. The molecule has 2 heterocycles. The van der Waals surface area contributed by atoms with Gasteiger partial charge in [0.2, 0.25) is 0 Å². The van der Waals surface area contributed by atoms with Crippen molar-refractivity contribution in [2.75, 3.05) is 0 Å². The summed E-state index contributed by atoms with van der Waals surface area (Å²) in [6, 6.07) is 32.2. The lowest BCUT2D eigenvalue weighted by atomic mass is 9.78. The SMILES string of the molecule is CC(C)(C)c1ccc(-n2c3ccccc3c3cc4c5c(sc4cc32)C2=C(CC5)c3ccccc3C2(C)C)cc1. The number of para-hydroxylation sites is 1. The van der Waals surface area contributed by atoms with Gasteiger partial charge in [-0.2, -0.15) is 0 Å². The van der Waals surface area contributed by atoms with E-state index in [1.807, 2.05) is 11.3 Å². The van der Waals surface area contributed by atoms with E-state index in [1.54, 1.807) is 16.7 Å². The molecule has 4 aromatic carbocycles. The summed E-state index contributed by atoms with van der Waals surface area (Å²) in [6.45, 7) is 11.7. The topological polar surface area (TPSA) is 4.93 Å². The van der Waals surface area contributed by atoms with E-state index in [9.17, 15) is 0 Å². The maximum Gasteiger partial charge on any atom is 0.0555 e. The molecular formula is C37H33NS. The average Bonchev–Trinajstić information content (AvgIpc) is 3.52. The van der Waals surface area contributed by atoms with Gasteiger partial charge in [-0.05, 0) is 87.4 Å². The number of fused-ring (bicyclic) bond motifs is 9. The van der Waals surface area contributed by atoms with Crippen molar-refractivity contribution in [3.8, 4) is 5.69 Å². The van der Waals surface area contributed by atoms with Gasteiger partial charge in [0.05, 0.1) is 11.0 Å². The molecule has 2 aliphatic rings. The smallest absolute Gasteiger partial charge is 0.0555 e. The molecule has 0 aliphatic heterocycles. The Labute approximate surface area is 234 Å². The maximum atomic E-state index is 2.50. The molecule has 0 radical (unpaired) electrons. The van der Waals surface area contributed by atoms with Crippen LogP contribution in [-0.4, -0.2) is 4.57 Å². The maximum absolute atomic E-state index is 2.50. The number of benzene rings is 4. The molecule has 1 nitrogen and oxygen atoms in total. The molecule has 6 aromatic rings. The Morgan fingerprint density at radius 1 is 0.744 bits per heavy atom. The number of thiophene rings is 1. The first-order chi connectivity index (χ1) is 18.7. The fourth-order valence-electron chi connectivity index (χ4n) is 7.32. The lowest BCUT2D eigenvalue weighted by molar-refractivity contribution is 0.590. The van der Waals surface area contributed by atoms with Crippen LogP contribution in [0.2, 0.25) is 0 Å². The van der Waals surface area contributed by atoms with Crippen LogP contribution in [0.15, 0.2) is 84.9 Å². The van der Waals surface area contributed by atoms with Crippen LogP contribution in [-0.2, 0) is 17.3 Å². The summed E-state index contributed by atoms with van der Waals surface area (Å²) in [5.74, 6) is 0. The highest BCUT2D eigenvalue weighted by Gasteiger charge is 2.41. The van der Waals surface area contributed by atoms with Crippen molar-refractivity contribution in [2.24, 2.45) is 0 Å². The quantitative estimate of drug-likeness (QED) is 0.202. The molecule has 0 saturated heterocycles. The van der Waals surface area contributed by atoms with Gasteiger partial charge in [-0.15, -0.1) is 11.3 Å². The molecule has 8 rings (SSSR count). The molecule has 39 heavy (non-hydrogen) atoms. The van der Waals surface area contributed by atoms with Crippen LogP contribution < -0.4 is 0 Å². The Hall–Kier alpha value is -3.62. The number of hydrogen-bond donors (Lipinski definition) is 0. The molecule has 2 aliphatic carbocycles. The van der Waals surface area contributed by atoms with Crippen LogP contribution >= 0.6 is 11.3 Å². The lowest BCUT2D eigenvalue weighted by Crippen LogP contribution is -2.17. The average molecular weight is 524 g/mol. The Bertz CT molecular complexity index is 2000. The zero-order chi connectivity index (χ0) is 26.7. The minimum atomic E-state index is 0.0398. The number of aryl methyl sites for hydroxylation is 1. The van der Waals surface area contributed by atoms with Gasteiger partial charge in [-0.25, -0.2) is 0 Å². The summed E-state index contributed by atoms with van der Waals surface area (Å²) >= 11 is 2.01. The van der Waals surface area contributed by atoms with E-state index in [4.69, 9.17) is 0 Å². The molecule has 0 bridgehead atoms. The van der Waals surface area contributed by atoms with E-state index in [0.29, 0.717) is 0 Å². The second-order valence-corrected chi connectivity index (χ2v) is 14.0. The first-order valence-corrected chi connectivity index (χ1v) is 15.0. The summed E-state index contributed by atoms with van der Waals surface area (Å²) in [5, 5.41) is 4.14. The Morgan fingerprint density at radius 3 is 2.28 bits per heavy atom. The van der Waals surface area contributed by atoms with Gasteiger partial charge in [0.1, 0.15) is 0 Å². The highest BCUT2D eigenvalue weighted by atomic mass is 32.1. The van der Waals surface area contributed by atoms with E-state index in [2.05, 4.69) is 124 Å². The summed E-state index contributed by atoms with van der Waals surface area (Å²) in [6.07, 6.45) is 2.26. The van der Waals surface area contributed by atoms with E-state index >= 15 is 0 Å². The van der Waals surface area contributed by atoms with Gasteiger partial charge in [0.25, 0.3) is 0 Å². The summed E-state index contributed by atoms with van der Waals surface area (Å²) in [4.78, 5) is 1.52. The third kappa shape index (κ3) is 3.13. The fraction of sp³-hybridized carbons (Fsp3) is 0.243. The molecule has 2 aromatic heterocycles. The van der Waals surface area contributed by atoms with Crippen molar-refractivity contribution < 1.29 is 0 Å². The molecule has 0 fully saturated rings. The second kappa shape index (κ2) is 7.73. The predicted molar refractivity (Wildman–Crippen MR) is 169 cm³/mol. The first-order valence-electron chi connectivity index (χ1n) is 14.2. The number of aromatic nitrogens is 1. The van der Waals surface area contributed by atoms with Gasteiger partial charge in [0.15, 0.2) is 0 Å². The zero-order valence-electron chi connectivity index (χ0n) is 23.4. The van der Waals surface area contributed by atoms with E-state index in [1.165, 1.54) is 59.1 Å². The van der Waals surface area contributed by atoms with Crippen LogP contribution in [0.3, 0.4) is 0 Å². The van der Waals surface area contributed by atoms with Crippen LogP contribution in [0.1, 0.15) is 68.2 Å². The summed E-state index contributed by atoms with van der Waals surface area (Å²) in [5.41, 5.74) is 13.0. The van der Waals surface area contributed by atoms with Gasteiger partial charge >= 0.3 is 0 Å². The normalized spacial score (nSPS) is 16.2. The van der Waals surface area contributed by atoms with Gasteiger partial charge in [-0.1, -0.05) is 89.2 Å². The van der Waals surface area contributed by atoms with Crippen LogP contribution in [0.25, 0.3) is 48.7 Å². The number of allylic oxidation sites excluding steroid dienone is 2. The van der Waals surface area contributed by atoms with Crippen molar-refractivity contribution in [3.05, 3.63) is 112 Å². The minimum Gasteiger partial charge on any atom is -0.309 e. The van der Waals surface area contributed by atoms with Crippen molar-refractivity contribution in [1.82, 2.24) is 4.57 Å². The van der Waals surface area contributed by atoms with E-state index in [-0.39, 0.29) is 10.8 Å². The van der Waals surface area contributed by atoms with Crippen LogP contribution in [0, 0.1) is 0 Å². The molecule has 0 unspecified atom stereocenters. The van der Waals surface area contributed by atoms with E-state index < -0.39 is 0 Å². The molecule has 192 valence electrons. The highest BCUT2D eigenvalue weighted by molar-refractivity contribution is 7.20. The molecule has 0 N–H and O–H groups in total. The second-order valence-electron chi connectivity index (χ2n) is 12.9. The molecule has 0 amide bonds. The highest BCUT2D eigenvalue weighted by Crippen LogP contribution is 2.58. The first kappa shape index (κ1) is 23.3. The minimum absolute atomic E-state index is 0.0398. The van der Waals surface area contributed by atoms with Crippen LogP contribution in [0.4, 0.5) is 0 Å². The Morgan fingerprint density at radius 2 is 1.49 bits per heavy atom. The Kier molecular flexibility index (Phi) is 4.62. The van der Waals surface area contributed by atoms with Crippen molar-refractivity contribution in [3.63, 3.8) is 0 Å². The van der Waals surface area contributed by atoms with Crippen LogP contribution in [0.5, 0.6) is 0 Å². The lowest BCUT2D eigenvalue weighted by Gasteiger charge is -2.27. The number of nitrogens with zero attached hydrogens (tertiary/aromatic N) is 1. The zero-order valence-corrected chi connectivity index (χ0v) is 24.2. The van der Waals surface area contributed by atoms with Gasteiger partial charge in [0, 0.05) is 31.5 Å². The van der Waals surface area contributed by atoms with Crippen molar-refractivity contribution >= 4 is 54.4 Å². The fourth-order valence-corrected chi connectivity index (χ4v) is 8.82. The molecular weight excluding hydrogens is 490 g/mol. The third-order valence-corrected chi connectivity index (χ3v) is 10.5. The van der Waals surface area contributed by atoms with Gasteiger partial charge in [-0.3, -0.25) is 0 Å². The van der Waals surface area contributed by atoms with Crippen molar-refractivity contribution in [2.45, 2.75) is 58.3 Å². The monoisotopic (exact) mass is 523 g/mol. The molecule has 0 saturated carbocycles. The van der Waals surface area contributed by atoms with Crippen molar-refractivity contribution in [1.29, 1.82) is 0 Å². The third-order valence-electron chi connectivity index (χ3n) is 9.28. The largest absolute Gasteiger partial charge is 0.309 e. The summed E-state index contributed by atoms with van der Waals surface area (Å²) in [7, 11) is 0. The number of hydrogen-bond acceptors (Lipinski definition) is 1. The van der Waals surface area contributed by atoms with Gasteiger partial charge < -0.3 is 4.57 Å². The molecule has 0 spiro atoms. The molecule has 0 atom stereocenters. The molecule has 2 heteroatoms. The standard InChI is InChI=1S/C37H33NS/c1-36(2,3)22-14-16-23(17-15-22)38-31-13-9-7-11-25(31)28-20-29-27-19-18-26-24-10-6-8-12-30(24)37(4,5)34(26)35(27)39-33(29)21-32(28)38/h6-17,20-21H,18-19H2,1-5H3. The number of rotatable bonds is 1. The van der Waals surface area contributed by atoms with E-state index in [0.717, 1.165) is 12.8 Å². The Balaban J connectivity index is 1.38. The predicted octanol–water partition coefficient (Wildman–Crippen LogP) is 10.4.